The predicted molar refractivity (Wildman–Crippen MR) is 108 cm³/mol. The molecule has 0 saturated carbocycles. The normalized spacial score (nSPS) is 27.1. The van der Waals surface area contributed by atoms with E-state index in [0.717, 1.165) is 28.8 Å². The average Bonchev–Trinajstić information content (AvgIpc) is 2.67. The molecule has 1 aromatic carbocycles. The molecule has 5 nitrogen and oxygen atoms in total. The maximum atomic E-state index is 12.6. The molecule has 0 radical (unpaired) electrons. The summed E-state index contributed by atoms with van der Waals surface area (Å²) >= 11 is 6.25. The van der Waals surface area contributed by atoms with Gasteiger partial charge < -0.3 is 5.32 Å². The quantitative estimate of drug-likeness (QED) is 0.761. The van der Waals surface area contributed by atoms with Crippen molar-refractivity contribution in [3.63, 3.8) is 0 Å². The van der Waals surface area contributed by atoms with Gasteiger partial charge >= 0.3 is 0 Å². The first kappa shape index (κ1) is 19.1. The number of carbonyl (C=O) groups excluding carboxylic acids is 1. The molecule has 2 saturated heterocycles. The summed E-state index contributed by atoms with van der Waals surface area (Å²) in [5.41, 5.74) is 4.68. The van der Waals surface area contributed by atoms with Crippen molar-refractivity contribution in [1.82, 2.24) is 15.6 Å². The van der Waals surface area contributed by atoms with Crippen molar-refractivity contribution >= 4 is 17.4 Å². The molecule has 144 valence electrons. The Morgan fingerprint density at radius 2 is 2.07 bits per heavy atom. The number of aromatic nitrogens is 1. The van der Waals surface area contributed by atoms with Crippen LogP contribution in [0.3, 0.4) is 0 Å². The van der Waals surface area contributed by atoms with Crippen LogP contribution in [-0.4, -0.2) is 23.5 Å². The van der Waals surface area contributed by atoms with Crippen LogP contribution in [0.4, 0.5) is 0 Å². The minimum absolute atomic E-state index is 0.0224. The number of halogens is 1. The van der Waals surface area contributed by atoms with Crippen LogP contribution < -0.4 is 10.6 Å². The molecule has 2 aromatic rings. The first-order valence-electron chi connectivity index (χ1n) is 9.63. The third kappa shape index (κ3) is 3.44. The molecule has 2 aliphatic rings. The minimum atomic E-state index is -0.0679. The summed E-state index contributed by atoms with van der Waals surface area (Å²) in [6, 6.07) is 12.1. The third-order valence-electron chi connectivity index (χ3n) is 6.02. The fourth-order valence-corrected chi connectivity index (χ4v) is 4.90. The number of fused-ring (bicyclic) bond motifs is 1. The Hall–Kier alpha value is -2.26. The molecule has 4 unspecified atom stereocenters. The van der Waals surface area contributed by atoms with Gasteiger partial charge in [0.1, 0.15) is 10.9 Å². The number of ketones is 1. The Labute approximate surface area is 170 Å². The zero-order valence-electron chi connectivity index (χ0n) is 16.0. The lowest BCUT2D eigenvalue weighted by Gasteiger charge is -2.45. The van der Waals surface area contributed by atoms with Crippen molar-refractivity contribution in [1.29, 1.82) is 5.26 Å². The fraction of sp³-hybridized carbons (Fsp3) is 0.409. The number of nitrogens with zero attached hydrogens (tertiary/aromatic N) is 2. The van der Waals surface area contributed by atoms with Gasteiger partial charge in [0.25, 0.3) is 0 Å². The van der Waals surface area contributed by atoms with Gasteiger partial charge in [-0.1, -0.05) is 23.7 Å². The highest BCUT2D eigenvalue weighted by molar-refractivity contribution is 6.29. The average molecular weight is 395 g/mol. The summed E-state index contributed by atoms with van der Waals surface area (Å²) in [6.45, 7) is 4.61. The number of aryl methyl sites for hydroxylation is 1. The molecule has 2 fully saturated rings. The number of Topliss-reactive ketones (excluding diaryl/α,β-unsaturated/α-hetero) is 1. The lowest BCUT2D eigenvalue weighted by molar-refractivity contribution is -0.127. The molecule has 2 N–H and O–H groups in total. The number of nitrogens with one attached hydrogen (secondary N) is 2. The fourth-order valence-electron chi connectivity index (χ4n) is 4.64. The number of hydrogen-bond donors (Lipinski definition) is 2. The van der Waals surface area contributed by atoms with E-state index in [0.29, 0.717) is 29.5 Å². The lowest BCUT2D eigenvalue weighted by atomic mass is 9.73. The van der Waals surface area contributed by atoms with Crippen LogP contribution in [0, 0.1) is 31.1 Å². The largest absolute Gasteiger partial charge is 0.301 e. The van der Waals surface area contributed by atoms with E-state index in [-0.39, 0.29) is 24.0 Å². The van der Waals surface area contributed by atoms with Gasteiger partial charge in [0.2, 0.25) is 0 Å². The summed E-state index contributed by atoms with van der Waals surface area (Å²) in [7, 11) is 0. The highest BCUT2D eigenvalue weighted by Gasteiger charge is 2.43. The maximum absolute atomic E-state index is 12.6. The SMILES string of the molecule is Cc1cc(C2CC3C(=O)CCNC3NC2c2cccc(C#N)c2C)cc(Cl)n1. The van der Waals surface area contributed by atoms with Crippen LogP contribution >= 0.6 is 11.6 Å². The number of benzene rings is 1. The van der Waals surface area contributed by atoms with Crippen molar-refractivity contribution < 1.29 is 4.79 Å². The highest BCUT2D eigenvalue weighted by Crippen LogP contribution is 2.43. The zero-order chi connectivity index (χ0) is 19.8. The van der Waals surface area contributed by atoms with Gasteiger partial charge in [0, 0.05) is 36.5 Å². The van der Waals surface area contributed by atoms with Crippen LogP contribution in [0.15, 0.2) is 30.3 Å². The molecule has 3 heterocycles. The summed E-state index contributed by atoms with van der Waals surface area (Å²) < 4.78 is 0. The van der Waals surface area contributed by atoms with E-state index in [9.17, 15) is 10.1 Å². The first-order chi connectivity index (χ1) is 13.5. The standard InChI is InChI=1S/C22H23ClN4O/c1-12-8-15(9-20(23)26-12)17-10-18-19(28)6-7-25-22(18)27-21(17)16-5-3-4-14(11-24)13(16)2/h3-5,8-9,17-18,21-22,25,27H,6-7,10H2,1-2H3. The van der Waals surface area contributed by atoms with Crippen molar-refractivity contribution in [3.05, 3.63) is 63.4 Å². The summed E-state index contributed by atoms with van der Waals surface area (Å²) in [6.07, 6.45) is 1.26. The number of rotatable bonds is 2. The molecular weight excluding hydrogens is 372 g/mol. The van der Waals surface area contributed by atoms with E-state index >= 15 is 0 Å². The van der Waals surface area contributed by atoms with E-state index in [1.54, 1.807) is 0 Å². The van der Waals surface area contributed by atoms with Crippen molar-refractivity contribution in [2.24, 2.45) is 5.92 Å². The smallest absolute Gasteiger partial charge is 0.140 e. The maximum Gasteiger partial charge on any atom is 0.140 e. The highest BCUT2D eigenvalue weighted by atomic mass is 35.5. The van der Waals surface area contributed by atoms with E-state index in [2.05, 4.69) is 33.8 Å². The number of pyridine rings is 1. The molecule has 0 amide bonds. The Balaban J connectivity index is 1.81. The van der Waals surface area contributed by atoms with E-state index in [4.69, 9.17) is 11.6 Å². The Morgan fingerprint density at radius 1 is 1.25 bits per heavy atom. The summed E-state index contributed by atoms with van der Waals surface area (Å²) in [5.74, 6) is 0.303. The molecule has 28 heavy (non-hydrogen) atoms. The van der Waals surface area contributed by atoms with Gasteiger partial charge in [0.15, 0.2) is 0 Å². The predicted octanol–water partition coefficient (Wildman–Crippen LogP) is 3.55. The third-order valence-corrected chi connectivity index (χ3v) is 6.22. The molecule has 0 spiro atoms. The van der Waals surface area contributed by atoms with Crippen LogP contribution in [-0.2, 0) is 4.79 Å². The summed E-state index contributed by atoms with van der Waals surface area (Å²) in [5, 5.41) is 17.1. The van der Waals surface area contributed by atoms with Crippen molar-refractivity contribution in [3.8, 4) is 6.07 Å². The van der Waals surface area contributed by atoms with Crippen molar-refractivity contribution in [2.75, 3.05) is 6.54 Å². The topological polar surface area (TPSA) is 77.8 Å². The Kier molecular flexibility index (Phi) is 5.20. The van der Waals surface area contributed by atoms with Gasteiger partial charge in [-0.05, 0) is 55.2 Å². The van der Waals surface area contributed by atoms with Crippen LogP contribution in [0.5, 0.6) is 0 Å². The molecule has 6 heteroatoms. The Bertz CT molecular complexity index is 947. The van der Waals surface area contributed by atoms with Crippen LogP contribution in [0.2, 0.25) is 5.15 Å². The van der Waals surface area contributed by atoms with Gasteiger partial charge in [-0.2, -0.15) is 5.26 Å². The van der Waals surface area contributed by atoms with Crippen molar-refractivity contribution in [2.45, 2.75) is 44.8 Å². The number of carbonyl (C=O) groups is 1. The van der Waals surface area contributed by atoms with Crippen LogP contribution in [0.1, 0.15) is 52.7 Å². The monoisotopic (exact) mass is 394 g/mol. The molecule has 4 atom stereocenters. The molecule has 1 aromatic heterocycles. The second-order valence-electron chi connectivity index (χ2n) is 7.74. The number of nitriles is 1. The van der Waals surface area contributed by atoms with Gasteiger partial charge in [-0.25, -0.2) is 4.98 Å². The molecule has 0 aliphatic carbocycles. The number of piperidine rings is 2. The lowest BCUT2D eigenvalue weighted by Crippen LogP contribution is -2.59. The van der Waals surface area contributed by atoms with E-state index in [1.807, 2.05) is 32.0 Å². The van der Waals surface area contributed by atoms with Gasteiger partial charge in [0.05, 0.1) is 17.8 Å². The first-order valence-corrected chi connectivity index (χ1v) is 10.0. The Morgan fingerprint density at radius 3 is 2.82 bits per heavy atom. The van der Waals surface area contributed by atoms with E-state index < -0.39 is 0 Å². The molecule has 0 bridgehead atoms. The van der Waals surface area contributed by atoms with Gasteiger partial charge in [-0.3, -0.25) is 10.1 Å². The minimum Gasteiger partial charge on any atom is -0.301 e. The summed E-state index contributed by atoms with van der Waals surface area (Å²) in [4.78, 5) is 16.9. The number of hydrogen-bond acceptors (Lipinski definition) is 5. The second kappa shape index (κ2) is 7.63. The van der Waals surface area contributed by atoms with Gasteiger partial charge in [-0.15, -0.1) is 0 Å². The molecular formula is C22H23ClN4O. The van der Waals surface area contributed by atoms with E-state index in [1.165, 1.54) is 0 Å². The van der Waals surface area contributed by atoms with Crippen LogP contribution in [0.25, 0.3) is 0 Å². The zero-order valence-corrected chi connectivity index (χ0v) is 16.8. The second-order valence-corrected chi connectivity index (χ2v) is 8.12. The molecule has 4 rings (SSSR count). The molecule has 2 aliphatic heterocycles.